The van der Waals surface area contributed by atoms with Gasteiger partial charge in [0.25, 0.3) is 0 Å². The maximum absolute atomic E-state index is 11.8. The first kappa shape index (κ1) is 12.4. The molecule has 0 saturated heterocycles. The predicted octanol–water partition coefficient (Wildman–Crippen LogP) is 1.86. The molecule has 0 unspecified atom stereocenters. The minimum Gasteiger partial charge on any atom is -0.508 e. The van der Waals surface area contributed by atoms with E-state index in [1.54, 1.807) is 12.3 Å². The van der Waals surface area contributed by atoms with Gasteiger partial charge < -0.3 is 10.2 Å². The zero-order valence-electron chi connectivity index (χ0n) is 9.28. The number of thioether (sulfide) groups is 1. The van der Waals surface area contributed by atoms with Crippen molar-refractivity contribution in [2.45, 2.75) is 5.03 Å². The summed E-state index contributed by atoms with van der Waals surface area (Å²) in [5.41, 5.74) is 0.189. The van der Waals surface area contributed by atoms with Crippen molar-refractivity contribution in [3.05, 3.63) is 42.4 Å². The summed E-state index contributed by atoms with van der Waals surface area (Å²) < 4.78 is 0. The number of Topliss-reactive ketones (excluding diaryl/α,β-unsaturated/α-hetero) is 1. The van der Waals surface area contributed by atoms with E-state index in [4.69, 9.17) is 5.11 Å². The van der Waals surface area contributed by atoms with Crippen molar-refractivity contribution in [3.63, 3.8) is 0 Å². The highest BCUT2D eigenvalue weighted by Crippen LogP contribution is 2.25. The number of aromatic hydroxyl groups is 2. The molecule has 1 aromatic carbocycles. The van der Waals surface area contributed by atoms with Gasteiger partial charge in [-0.25, -0.2) is 9.97 Å². The summed E-state index contributed by atoms with van der Waals surface area (Å²) in [7, 11) is 0. The van der Waals surface area contributed by atoms with Crippen LogP contribution in [0.2, 0.25) is 0 Å². The number of aromatic nitrogens is 2. The fraction of sp³-hybridized carbons (Fsp3) is 0.0833. The monoisotopic (exact) mass is 262 g/mol. The van der Waals surface area contributed by atoms with E-state index in [2.05, 4.69) is 9.97 Å². The third-order valence-corrected chi connectivity index (χ3v) is 3.13. The quantitative estimate of drug-likeness (QED) is 0.497. The Balaban J connectivity index is 2.04. The standard InChI is InChI=1S/C12H10N2O3S/c15-8-1-2-9(10(16)5-8)11(17)6-18-12-3-4-13-7-14-12/h1-5,7,15-16H,6H2. The lowest BCUT2D eigenvalue weighted by Gasteiger charge is -2.03. The van der Waals surface area contributed by atoms with Crippen LogP contribution in [0.25, 0.3) is 0 Å². The molecule has 0 bridgehead atoms. The molecule has 0 amide bonds. The summed E-state index contributed by atoms with van der Waals surface area (Å²) in [6.45, 7) is 0. The van der Waals surface area contributed by atoms with E-state index in [1.165, 1.54) is 30.2 Å². The highest BCUT2D eigenvalue weighted by Gasteiger charge is 2.12. The van der Waals surface area contributed by atoms with Crippen molar-refractivity contribution in [3.8, 4) is 11.5 Å². The zero-order valence-corrected chi connectivity index (χ0v) is 10.1. The Morgan fingerprint density at radius 3 is 2.78 bits per heavy atom. The Bertz CT molecular complexity index is 561. The number of phenolic OH excluding ortho intramolecular Hbond substituents is 2. The van der Waals surface area contributed by atoms with Gasteiger partial charge in [0.2, 0.25) is 0 Å². The van der Waals surface area contributed by atoms with E-state index in [0.29, 0.717) is 5.03 Å². The smallest absolute Gasteiger partial charge is 0.176 e. The number of hydrogen-bond donors (Lipinski definition) is 2. The Morgan fingerprint density at radius 1 is 1.28 bits per heavy atom. The second kappa shape index (κ2) is 5.50. The number of phenols is 2. The van der Waals surface area contributed by atoms with Gasteiger partial charge in [-0.15, -0.1) is 0 Å². The van der Waals surface area contributed by atoms with E-state index >= 15 is 0 Å². The van der Waals surface area contributed by atoms with Crippen LogP contribution < -0.4 is 0 Å². The molecule has 1 aromatic heterocycles. The van der Waals surface area contributed by atoms with Crippen LogP contribution in [0.15, 0.2) is 41.8 Å². The fourth-order valence-electron chi connectivity index (χ4n) is 1.34. The lowest BCUT2D eigenvalue weighted by atomic mass is 10.1. The lowest BCUT2D eigenvalue weighted by Crippen LogP contribution is -2.02. The molecule has 0 spiro atoms. The summed E-state index contributed by atoms with van der Waals surface area (Å²) in [5, 5.41) is 19.4. The van der Waals surface area contributed by atoms with Gasteiger partial charge >= 0.3 is 0 Å². The number of benzene rings is 1. The minimum atomic E-state index is -0.226. The van der Waals surface area contributed by atoms with Crippen LogP contribution in [0.5, 0.6) is 11.5 Å². The van der Waals surface area contributed by atoms with E-state index in [-0.39, 0.29) is 28.6 Å². The second-order valence-corrected chi connectivity index (χ2v) is 4.46. The van der Waals surface area contributed by atoms with Crippen LogP contribution in [0.3, 0.4) is 0 Å². The molecule has 0 fully saturated rings. The Morgan fingerprint density at radius 2 is 2.11 bits per heavy atom. The highest BCUT2D eigenvalue weighted by atomic mass is 32.2. The van der Waals surface area contributed by atoms with Crippen LogP contribution in [0, 0.1) is 0 Å². The topological polar surface area (TPSA) is 83.3 Å². The molecular formula is C12H10N2O3S. The highest BCUT2D eigenvalue weighted by molar-refractivity contribution is 7.99. The molecule has 2 rings (SSSR count). The molecule has 1 heterocycles. The van der Waals surface area contributed by atoms with Crippen molar-refractivity contribution in [2.24, 2.45) is 0 Å². The largest absolute Gasteiger partial charge is 0.508 e. The maximum Gasteiger partial charge on any atom is 0.176 e. The van der Waals surface area contributed by atoms with Crippen molar-refractivity contribution in [2.75, 3.05) is 5.75 Å². The first-order valence-electron chi connectivity index (χ1n) is 5.11. The second-order valence-electron chi connectivity index (χ2n) is 3.46. The van der Waals surface area contributed by atoms with E-state index in [9.17, 15) is 9.90 Å². The van der Waals surface area contributed by atoms with Gasteiger partial charge in [0.1, 0.15) is 17.8 Å². The van der Waals surface area contributed by atoms with Gasteiger partial charge in [0.15, 0.2) is 5.78 Å². The number of rotatable bonds is 4. The molecule has 92 valence electrons. The number of carbonyl (C=O) groups is 1. The van der Waals surface area contributed by atoms with Crippen LogP contribution in [-0.4, -0.2) is 31.7 Å². The normalized spacial score (nSPS) is 10.2. The molecule has 6 heteroatoms. The van der Waals surface area contributed by atoms with Crippen molar-refractivity contribution in [1.29, 1.82) is 0 Å². The molecule has 0 aliphatic rings. The third kappa shape index (κ3) is 2.98. The maximum atomic E-state index is 11.8. The van der Waals surface area contributed by atoms with Gasteiger partial charge in [0, 0.05) is 12.3 Å². The molecular weight excluding hydrogens is 252 g/mol. The van der Waals surface area contributed by atoms with Gasteiger partial charge in [-0.3, -0.25) is 4.79 Å². The van der Waals surface area contributed by atoms with Crippen molar-refractivity contribution < 1.29 is 15.0 Å². The van der Waals surface area contributed by atoms with Crippen molar-refractivity contribution >= 4 is 17.5 Å². The number of carbonyl (C=O) groups excluding carboxylic acids is 1. The fourth-order valence-corrected chi connectivity index (χ4v) is 2.05. The molecule has 18 heavy (non-hydrogen) atoms. The van der Waals surface area contributed by atoms with Gasteiger partial charge in [-0.2, -0.15) is 0 Å². The zero-order chi connectivity index (χ0) is 13.0. The molecule has 0 aliphatic heterocycles. The molecule has 0 radical (unpaired) electrons. The predicted molar refractivity (Wildman–Crippen MR) is 66.9 cm³/mol. The van der Waals surface area contributed by atoms with Gasteiger partial charge in [-0.1, -0.05) is 11.8 Å². The summed E-state index contributed by atoms with van der Waals surface area (Å²) in [6, 6.07) is 5.60. The van der Waals surface area contributed by atoms with E-state index in [0.717, 1.165) is 6.07 Å². The number of ketones is 1. The Kier molecular flexibility index (Phi) is 3.78. The van der Waals surface area contributed by atoms with E-state index in [1.807, 2.05) is 0 Å². The van der Waals surface area contributed by atoms with E-state index < -0.39 is 0 Å². The average Bonchev–Trinajstić information content (AvgIpc) is 2.37. The molecule has 2 aromatic rings. The summed E-state index contributed by atoms with van der Waals surface area (Å²) in [4.78, 5) is 19.6. The van der Waals surface area contributed by atoms with Crippen LogP contribution in [-0.2, 0) is 0 Å². The average molecular weight is 262 g/mol. The van der Waals surface area contributed by atoms with Crippen LogP contribution in [0.1, 0.15) is 10.4 Å². The SMILES string of the molecule is O=C(CSc1ccncn1)c1ccc(O)cc1O. The Labute approximate surface area is 108 Å². The number of hydrogen-bond acceptors (Lipinski definition) is 6. The van der Waals surface area contributed by atoms with Gasteiger partial charge in [0.05, 0.1) is 16.3 Å². The summed E-state index contributed by atoms with van der Waals surface area (Å²) in [5.74, 6) is -0.359. The third-order valence-electron chi connectivity index (χ3n) is 2.19. The Hall–Kier alpha value is -2.08. The molecule has 2 N–H and O–H groups in total. The summed E-state index contributed by atoms with van der Waals surface area (Å²) >= 11 is 1.26. The van der Waals surface area contributed by atoms with Crippen LogP contribution in [0.4, 0.5) is 0 Å². The van der Waals surface area contributed by atoms with Crippen molar-refractivity contribution in [1.82, 2.24) is 9.97 Å². The molecule has 0 atom stereocenters. The van der Waals surface area contributed by atoms with Crippen LogP contribution >= 0.6 is 11.8 Å². The first-order chi connectivity index (χ1) is 8.66. The minimum absolute atomic E-state index is 0.0764. The first-order valence-corrected chi connectivity index (χ1v) is 6.09. The molecule has 0 saturated carbocycles. The van der Waals surface area contributed by atoms with Gasteiger partial charge in [-0.05, 0) is 18.2 Å². The molecule has 5 nitrogen and oxygen atoms in total. The summed E-state index contributed by atoms with van der Waals surface area (Å²) in [6.07, 6.45) is 3.00. The lowest BCUT2D eigenvalue weighted by molar-refractivity contribution is 0.102. The molecule has 0 aliphatic carbocycles. The number of nitrogens with zero attached hydrogens (tertiary/aromatic N) is 2.